The Morgan fingerprint density at radius 3 is 2.19 bits per heavy atom. The number of halogens is 1. The largest absolute Gasteiger partial charge is 0.330 e. The summed E-state index contributed by atoms with van der Waals surface area (Å²) in [4.78, 5) is 0.366. The summed E-state index contributed by atoms with van der Waals surface area (Å²) in [6.45, 7) is 0.365. The zero-order valence-corrected chi connectivity index (χ0v) is 12.9. The van der Waals surface area contributed by atoms with Gasteiger partial charge in [-0.25, -0.2) is 8.42 Å². The molecule has 0 aromatic heterocycles. The number of nitrogens with two attached hydrogens (primary N) is 1. The van der Waals surface area contributed by atoms with E-state index in [4.69, 9.17) is 17.3 Å². The minimum Gasteiger partial charge on any atom is -0.330 e. The van der Waals surface area contributed by atoms with Crippen LogP contribution in [0, 0.1) is 5.92 Å². The predicted octanol–water partition coefficient (Wildman–Crippen LogP) is 2.85. The molecule has 1 saturated carbocycles. The molecule has 2 aromatic rings. The molecule has 2 N–H and O–H groups in total. The van der Waals surface area contributed by atoms with Crippen LogP contribution in [0.4, 0.5) is 0 Å². The zero-order valence-electron chi connectivity index (χ0n) is 11.3. The van der Waals surface area contributed by atoms with E-state index in [1.165, 1.54) is 0 Å². The Hall–Kier alpha value is -1.36. The second-order valence-electron chi connectivity index (χ2n) is 5.30. The van der Waals surface area contributed by atoms with Crippen molar-refractivity contribution in [3.8, 4) is 0 Å². The molecule has 0 aliphatic heterocycles. The molecule has 0 heterocycles. The summed E-state index contributed by atoms with van der Waals surface area (Å²) in [6.07, 6.45) is 0. The highest BCUT2D eigenvalue weighted by atomic mass is 35.5. The smallest absolute Gasteiger partial charge is 0.182 e. The average Bonchev–Trinajstić information content (AvgIpc) is 3.24. The van der Waals surface area contributed by atoms with E-state index < -0.39 is 15.1 Å². The Morgan fingerprint density at radius 2 is 1.62 bits per heavy atom. The van der Waals surface area contributed by atoms with Crippen molar-refractivity contribution in [3.05, 3.63) is 65.2 Å². The summed E-state index contributed by atoms with van der Waals surface area (Å²) >= 11 is 5.89. The molecular weight excluding hydrogens is 306 g/mol. The predicted molar refractivity (Wildman–Crippen MR) is 84.2 cm³/mol. The van der Waals surface area contributed by atoms with Gasteiger partial charge in [-0.2, -0.15) is 0 Å². The minimum absolute atomic E-state index is 0.0311. The Morgan fingerprint density at radius 1 is 1.00 bits per heavy atom. The van der Waals surface area contributed by atoms with Crippen molar-refractivity contribution in [2.45, 2.75) is 16.1 Å². The van der Waals surface area contributed by atoms with Gasteiger partial charge in [-0.15, -0.1) is 0 Å². The van der Waals surface area contributed by atoms with Gasteiger partial charge in [0.1, 0.15) is 0 Å². The second-order valence-corrected chi connectivity index (χ2v) is 7.84. The van der Waals surface area contributed by atoms with E-state index >= 15 is 0 Å². The minimum atomic E-state index is -3.35. The van der Waals surface area contributed by atoms with Gasteiger partial charge in [-0.05, 0) is 42.3 Å². The van der Waals surface area contributed by atoms with E-state index in [0.29, 0.717) is 16.5 Å². The standard InChI is InChI=1S/C16H16ClNO2S/c17-12-8-6-11(7-9-12)15-14(10-18)16(15)21(19,20)13-4-2-1-3-5-13/h1-9,14-16H,10,18H2/t14-,15-,16+/m1/s1. The molecule has 0 spiro atoms. The number of rotatable bonds is 4. The molecule has 1 aliphatic carbocycles. The maximum absolute atomic E-state index is 12.7. The van der Waals surface area contributed by atoms with Gasteiger partial charge in [-0.1, -0.05) is 41.9 Å². The Bertz CT molecular complexity index is 729. The van der Waals surface area contributed by atoms with Crippen LogP contribution in [0.1, 0.15) is 11.5 Å². The van der Waals surface area contributed by atoms with Gasteiger partial charge >= 0.3 is 0 Å². The highest BCUT2D eigenvalue weighted by Gasteiger charge is 2.57. The van der Waals surface area contributed by atoms with Gasteiger partial charge in [0.25, 0.3) is 0 Å². The van der Waals surface area contributed by atoms with Crippen molar-refractivity contribution < 1.29 is 8.42 Å². The van der Waals surface area contributed by atoms with Crippen molar-refractivity contribution in [1.29, 1.82) is 0 Å². The van der Waals surface area contributed by atoms with Crippen LogP contribution in [0.3, 0.4) is 0 Å². The van der Waals surface area contributed by atoms with Gasteiger partial charge < -0.3 is 5.73 Å². The molecule has 21 heavy (non-hydrogen) atoms. The second kappa shape index (κ2) is 5.44. The molecule has 3 atom stereocenters. The summed E-state index contributed by atoms with van der Waals surface area (Å²) < 4.78 is 25.5. The third kappa shape index (κ3) is 2.59. The Labute approximate surface area is 129 Å². The van der Waals surface area contributed by atoms with E-state index in [0.717, 1.165) is 5.56 Å². The van der Waals surface area contributed by atoms with E-state index in [2.05, 4.69) is 0 Å². The molecular formula is C16H16ClNO2S. The lowest BCUT2D eigenvalue weighted by Gasteiger charge is -2.04. The first-order chi connectivity index (χ1) is 10.1. The van der Waals surface area contributed by atoms with Crippen LogP contribution < -0.4 is 5.73 Å². The molecule has 110 valence electrons. The summed E-state index contributed by atoms with van der Waals surface area (Å²) in [6, 6.07) is 15.9. The highest BCUT2D eigenvalue weighted by Crippen LogP contribution is 2.53. The quantitative estimate of drug-likeness (QED) is 0.942. The molecule has 0 bridgehead atoms. The van der Waals surface area contributed by atoms with Crippen LogP contribution in [0.25, 0.3) is 0 Å². The molecule has 0 amide bonds. The lowest BCUT2D eigenvalue weighted by atomic mass is 10.1. The Balaban J connectivity index is 1.94. The van der Waals surface area contributed by atoms with E-state index in [1.54, 1.807) is 36.4 Å². The van der Waals surface area contributed by atoms with Crippen molar-refractivity contribution >= 4 is 21.4 Å². The average molecular weight is 322 g/mol. The molecule has 0 unspecified atom stereocenters. The van der Waals surface area contributed by atoms with Gasteiger partial charge in [0.2, 0.25) is 0 Å². The topological polar surface area (TPSA) is 60.2 Å². The molecule has 3 rings (SSSR count). The fourth-order valence-electron chi connectivity index (χ4n) is 2.94. The first-order valence-electron chi connectivity index (χ1n) is 6.80. The molecule has 0 radical (unpaired) electrons. The van der Waals surface area contributed by atoms with E-state index in [9.17, 15) is 8.42 Å². The molecule has 5 heteroatoms. The summed E-state index contributed by atoms with van der Waals surface area (Å²) in [7, 11) is -3.35. The van der Waals surface area contributed by atoms with Gasteiger partial charge in [0.15, 0.2) is 9.84 Å². The van der Waals surface area contributed by atoms with Crippen molar-refractivity contribution in [3.63, 3.8) is 0 Å². The van der Waals surface area contributed by atoms with Crippen LogP contribution in [0.2, 0.25) is 5.02 Å². The number of sulfone groups is 1. The third-order valence-electron chi connectivity index (χ3n) is 4.05. The fourth-order valence-corrected chi connectivity index (χ4v) is 5.31. The van der Waals surface area contributed by atoms with Crippen LogP contribution in [-0.4, -0.2) is 20.2 Å². The fraction of sp³-hybridized carbons (Fsp3) is 0.250. The highest BCUT2D eigenvalue weighted by molar-refractivity contribution is 7.92. The SMILES string of the molecule is NC[C@@H]1[C@@H](c2ccc(Cl)cc2)[C@H]1S(=O)(=O)c1ccccc1. The number of hydrogen-bond acceptors (Lipinski definition) is 3. The number of hydrogen-bond donors (Lipinski definition) is 1. The molecule has 3 nitrogen and oxygen atoms in total. The van der Waals surface area contributed by atoms with Crippen LogP contribution in [-0.2, 0) is 9.84 Å². The zero-order chi connectivity index (χ0) is 15.0. The van der Waals surface area contributed by atoms with E-state index in [1.807, 2.05) is 18.2 Å². The summed E-state index contributed by atoms with van der Waals surface area (Å²) in [5.41, 5.74) is 6.75. The van der Waals surface area contributed by atoms with Crippen molar-refractivity contribution in [2.24, 2.45) is 11.7 Å². The third-order valence-corrected chi connectivity index (χ3v) is 6.59. The van der Waals surface area contributed by atoms with Crippen LogP contribution in [0.15, 0.2) is 59.5 Å². The molecule has 0 saturated heterocycles. The van der Waals surface area contributed by atoms with Gasteiger partial charge in [-0.3, -0.25) is 0 Å². The normalized spacial score (nSPS) is 24.8. The van der Waals surface area contributed by atoms with Crippen LogP contribution in [0.5, 0.6) is 0 Å². The van der Waals surface area contributed by atoms with Gasteiger partial charge in [0.05, 0.1) is 10.1 Å². The molecule has 1 aliphatic rings. The monoisotopic (exact) mass is 321 g/mol. The lowest BCUT2D eigenvalue weighted by Crippen LogP contribution is -2.13. The van der Waals surface area contributed by atoms with Gasteiger partial charge in [0, 0.05) is 10.9 Å². The summed E-state index contributed by atoms with van der Waals surface area (Å²) in [5.74, 6) is -0.0751. The van der Waals surface area contributed by atoms with Crippen molar-refractivity contribution in [2.75, 3.05) is 6.54 Å². The van der Waals surface area contributed by atoms with E-state index in [-0.39, 0.29) is 11.8 Å². The lowest BCUT2D eigenvalue weighted by molar-refractivity contribution is 0.591. The van der Waals surface area contributed by atoms with Crippen LogP contribution >= 0.6 is 11.6 Å². The first-order valence-corrected chi connectivity index (χ1v) is 8.72. The first kappa shape index (κ1) is 14.6. The van der Waals surface area contributed by atoms with Crippen molar-refractivity contribution in [1.82, 2.24) is 0 Å². The molecule has 2 aromatic carbocycles. The maximum Gasteiger partial charge on any atom is 0.182 e. The molecule has 1 fully saturated rings. The summed E-state index contributed by atoms with van der Waals surface area (Å²) in [5, 5.41) is 0.206. The Kier molecular flexibility index (Phi) is 3.78. The maximum atomic E-state index is 12.7. The number of benzene rings is 2.